The molecule has 1 amide bonds. The SMILES string of the molecule is O.O.[B]c1ccc(N(C)C(=O)OC(C)(C)C)cc1. The molecule has 0 aromatic heterocycles. The van der Waals surface area contributed by atoms with E-state index < -0.39 is 5.60 Å². The third kappa shape index (κ3) is 5.70. The van der Waals surface area contributed by atoms with Crippen molar-refractivity contribution < 1.29 is 20.5 Å². The van der Waals surface area contributed by atoms with Gasteiger partial charge in [0.2, 0.25) is 0 Å². The number of amides is 1. The van der Waals surface area contributed by atoms with E-state index in [9.17, 15) is 4.79 Å². The van der Waals surface area contributed by atoms with Crippen LogP contribution in [-0.2, 0) is 4.74 Å². The van der Waals surface area contributed by atoms with Gasteiger partial charge in [-0.1, -0.05) is 17.6 Å². The first-order valence-corrected chi connectivity index (χ1v) is 5.12. The van der Waals surface area contributed by atoms with E-state index in [1.54, 1.807) is 31.3 Å². The van der Waals surface area contributed by atoms with Gasteiger partial charge in [0, 0.05) is 12.7 Å². The van der Waals surface area contributed by atoms with E-state index >= 15 is 0 Å². The van der Waals surface area contributed by atoms with Gasteiger partial charge < -0.3 is 15.7 Å². The Kier molecular flexibility index (Phi) is 7.35. The summed E-state index contributed by atoms with van der Waals surface area (Å²) in [5, 5.41) is 0. The van der Waals surface area contributed by atoms with Crippen molar-refractivity contribution in [1.82, 2.24) is 0 Å². The second-order valence-corrected chi connectivity index (χ2v) is 4.63. The molecule has 0 saturated carbocycles. The fourth-order valence-electron chi connectivity index (χ4n) is 1.13. The zero-order valence-electron chi connectivity index (χ0n) is 11.2. The minimum atomic E-state index is -0.487. The number of carbonyl (C=O) groups excluding carboxylic acids is 1. The van der Waals surface area contributed by atoms with Crippen LogP contribution in [0.3, 0.4) is 0 Å². The Balaban J connectivity index is 0. The molecule has 0 fully saturated rings. The van der Waals surface area contributed by atoms with Gasteiger partial charge in [-0.3, -0.25) is 4.90 Å². The minimum absolute atomic E-state index is 0. The van der Waals surface area contributed by atoms with Crippen molar-refractivity contribution in [2.75, 3.05) is 11.9 Å². The second-order valence-electron chi connectivity index (χ2n) is 4.63. The first-order valence-electron chi connectivity index (χ1n) is 5.12. The number of carbonyl (C=O) groups is 1. The minimum Gasteiger partial charge on any atom is -0.443 e. The van der Waals surface area contributed by atoms with Crippen molar-refractivity contribution >= 4 is 25.1 Å². The Labute approximate surface area is 109 Å². The van der Waals surface area contributed by atoms with E-state index in [-0.39, 0.29) is 17.0 Å². The number of nitrogens with zero attached hydrogens (tertiary/aromatic N) is 1. The van der Waals surface area contributed by atoms with Crippen LogP contribution < -0.4 is 10.4 Å². The lowest BCUT2D eigenvalue weighted by Crippen LogP contribution is -2.34. The molecule has 0 atom stereocenters. The predicted molar refractivity (Wildman–Crippen MR) is 73.7 cm³/mol. The van der Waals surface area contributed by atoms with Gasteiger partial charge >= 0.3 is 6.09 Å². The summed E-state index contributed by atoms with van der Waals surface area (Å²) in [4.78, 5) is 13.2. The van der Waals surface area contributed by atoms with Crippen molar-refractivity contribution in [3.05, 3.63) is 24.3 Å². The smallest absolute Gasteiger partial charge is 0.414 e. The van der Waals surface area contributed by atoms with Crippen molar-refractivity contribution in [1.29, 1.82) is 0 Å². The first-order chi connectivity index (χ1) is 7.29. The highest BCUT2D eigenvalue weighted by atomic mass is 16.6. The molecule has 18 heavy (non-hydrogen) atoms. The fraction of sp³-hybridized carbons (Fsp3) is 0.417. The van der Waals surface area contributed by atoms with Gasteiger partial charge in [-0.25, -0.2) is 4.79 Å². The molecule has 2 radical (unpaired) electrons. The molecule has 0 aliphatic rings. The molecule has 0 bridgehead atoms. The maximum absolute atomic E-state index is 11.7. The van der Waals surface area contributed by atoms with Crippen molar-refractivity contribution in [3.63, 3.8) is 0 Å². The largest absolute Gasteiger partial charge is 0.443 e. The summed E-state index contributed by atoms with van der Waals surface area (Å²) < 4.78 is 5.24. The molecule has 1 aromatic carbocycles. The van der Waals surface area contributed by atoms with Gasteiger partial charge in [0.05, 0.1) is 0 Å². The summed E-state index contributed by atoms with van der Waals surface area (Å²) in [6.07, 6.45) is -0.378. The molecule has 4 N–H and O–H groups in total. The van der Waals surface area contributed by atoms with Crippen LogP contribution >= 0.6 is 0 Å². The summed E-state index contributed by atoms with van der Waals surface area (Å²) >= 11 is 0. The number of hydrogen-bond acceptors (Lipinski definition) is 2. The van der Waals surface area contributed by atoms with E-state index in [1.807, 2.05) is 20.8 Å². The van der Waals surface area contributed by atoms with Crippen LogP contribution in [0.25, 0.3) is 0 Å². The molecule has 0 aliphatic carbocycles. The van der Waals surface area contributed by atoms with Gasteiger partial charge in [0.1, 0.15) is 13.4 Å². The summed E-state index contributed by atoms with van der Waals surface area (Å²) in [5.74, 6) is 0. The van der Waals surface area contributed by atoms with E-state index in [1.165, 1.54) is 4.90 Å². The number of ether oxygens (including phenoxy) is 1. The van der Waals surface area contributed by atoms with Gasteiger partial charge in [-0.05, 0) is 32.9 Å². The first kappa shape index (κ1) is 18.8. The number of rotatable bonds is 1. The average Bonchev–Trinajstić information content (AvgIpc) is 2.15. The highest BCUT2D eigenvalue weighted by Crippen LogP contribution is 2.15. The zero-order valence-corrected chi connectivity index (χ0v) is 11.2. The summed E-state index contributed by atoms with van der Waals surface area (Å²) in [6.45, 7) is 5.51. The monoisotopic (exact) mass is 253 g/mol. The molecule has 1 rings (SSSR count). The zero-order chi connectivity index (χ0) is 12.3. The number of anilines is 1. The second kappa shape index (κ2) is 7.03. The molecule has 5 nitrogen and oxygen atoms in total. The summed E-state index contributed by atoms with van der Waals surface area (Å²) in [5.41, 5.74) is 0.934. The third-order valence-corrected chi connectivity index (χ3v) is 1.95. The van der Waals surface area contributed by atoms with Crippen LogP contribution in [-0.4, -0.2) is 37.5 Å². The Morgan fingerprint density at radius 2 is 1.61 bits per heavy atom. The van der Waals surface area contributed by atoms with Crippen LogP contribution in [0.4, 0.5) is 10.5 Å². The number of benzene rings is 1. The Hall–Kier alpha value is -1.53. The standard InChI is InChI=1S/C12H16BNO2.2H2O/c1-12(2,3)16-11(15)14(4)10-7-5-9(13)6-8-10;;/h5-8H,1-4H3;2*1H2. The van der Waals surface area contributed by atoms with Crippen molar-refractivity contribution in [2.24, 2.45) is 0 Å². The lowest BCUT2D eigenvalue weighted by molar-refractivity contribution is 0.0589. The fourth-order valence-corrected chi connectivity index (χ4v) is 1.13. The maximum atomic E-state index is 11.7. The molecule has 1 aromatic rings. The van der Waals surface area contributed by atoms with Crippen LogP contribution in [0.1, 0.15) is 20.8 Å². The van der Waals surface area contributed by atoms with Gasteiger partial charge in [-0.2, -0.15) is 0 Å². The molecule has 100 valence electrons. The van der Waals surface area contributed by atoms with Gasteiger partial charge in [0.25, 0.3) is 0 Å². The molecular formula is C12H20BNO4. The van der Waals surface area contributed by atoms with E-state index in [2.05, 4.69) is 0 Å². The maximum Gasteiger partial charge on any atom is 0.414 e. The average molecular weight is 253 g/mol. The highest BCUT2D eigenvalue weighted by Gasteiger charge is 2.20. The lowest BCUT2D eigenvalue weighted by atomic mass is 9.96. The van der Waals surface area contributed by atoms with Crippen molar-refractivity contribution in [2.45, 2.75) is 26.4 Å². The third-order valence-electron chi connectivity index (χ3n) is 1.95. The number of hydrogen-bond donors (Lipinski definition) is 0. The van der Waals surface area contributed by atoms with E-state index in [0.717, 1.165) is 5.69 Å². The summed E-state index contributed by atoms with van der Waals surface area (Å²) in [7, 11) is 7.24. The molecule has 0 aliphatic heterocycles. The lowest BCUT2D eigenvalue weighted by Gasteiger charge is -2.24. The van der Waals surface area contributed by atoms with Crippen molar-refractivity contribution in [3.8, 4) is 0 Å². The van der Waals surface area contributed by atoms with Crippen LogP contribution in [0, 0.1) is 0 Å². The molecule has 0 spiro atoms. The predicted octanol–water partition coefficient (Wildman–Crippen LogP) is 0.202. The topological polar surface area (TPSA) is 92.5 Å². The van der Waals surface area contributed by atoms with Crippen LogP contribution in [0.5, 0.6) is 0 Å². The highest BCUT2D eigenvalue weighted by molar-refractivity contribution is 6.32. The molecule has 0 unspecified atom stereocenters. The van der Waals surface area contributed by atoms with Crippen LogP contribution in [0.15, 0.2) is 24.3 Å². The van der Waals surface area contributed by atoms with E-state index in [4.69, 9.17) is 12.6 Å². The molecule has 0 saturated heterocycles. The normalized spacial score (nSPS) is 9.78. The Morgan fingerprint density at radius 1 is 1.17 bits per heavy atom. The van der Waals surface area contributed by atoms with Gasteiger partial charge in [-0.15, -0.1) is 0 Å². The summed E-state index contributed by atoms with van der Waals surface area (Å²) in [6, 6.07) is 7.05. The molecule has 6 heteroatoms. The Bertz CT molecular complexity index is 373. The van der Waals surface area contributed by atoms with Crippen LogP contribution in [0.2, 0.25) is 0 Å². The molecule has 0 heterocycles. The van der Waals surface area contributed by atoms with E-state index in [0.29, 0.717) is 5.46 Å². The van der Waals surface area contributed by atoms with Gasteiger partial charge in [0.15, 0.2) is 0 Å². The Morgan fingerprint density at radius 3 is 2.00 bits per heavy atom. The molecular weight excluding hydrogens is 233 g/mol. The quantitative estimate of drug-likeness (QED) is 0.668.